The van der Waals surface area contributed by atoms with Crippen molar-refractivity contribution in [3.8, 4) is 0 Å². The second kappa shape index (κ2) is 7.33. The number of esters is 1. The molecule has 6 heteroatoms. The minimum Gasteiger partial charge on any atom is -0.454 e. The Bertz CT molecular complexity index is 604. The average Bonchev–Trinajstić information content (AvgIpc) is 2.34. The maximum atomic E-state index is 13.8. The number of anilines is 1. The quantitative estimate of drug-likeness (QED) is 0.514. The molecule has 0 spiro atoms. The van der Waals surface area contributed by atoms with Crippen LogP contribution < -0.4 is 5.32 Å². The second-order valence-electron chi connectivity index (χ2n) is 4.63. The molecule has 1 N–H and O–H groups in total. The zero-order valence-electron chi connectivity index (χ0n) is 12.0. The summed E-state index contributed by atoms with van der Waals surface area (Å²) in [6.45, 7) is 4.17. The number of carbonyl (C=O) groups is 3. The first kappa shape index (κ1) is 16.6. The third-order valence-corrected chi connectivity index (χ3v) is 2.34. The zero-order chi connectivity index (χ0) is 16.0. The molecule has 0 bridgehead atoms. The lowest BCUT2D eigenvalue weighted by atomic mass is 10.1. The highest BCUT2D eigenvalue weighted by molar-refractivity contribution is 5.99. The number of benzene rings is 1. The largest absolute Gasteiger partial charge is 0.454 e. The topological polar surface area (TPSA) is 72.5 Å². The number of amides is 1. The van der Waals surface area contributed by atoms with Crippen molar-refractivity contribution in [1.82, 2.24) is 0 Å². The van der Waals surface area contributed by atoms with Crippen molar-refractivity contribution >= 4 is 23.3 Å². The van der Waals surface area contributed by atoms with Crippen molar-refractivity contribution in [3.63, 3.8) is 0 Å². The molecule has 0 aliphatic carbocycles. The van der Waals surface area contributed by atoms with Crippen molar-refractivity contribution in [2.45, 2.75) is 20.8 Å². The van der Waals surface area contributed by atoms with Gasteiger partial charge in [-0.05, 0) is 32.0 Å². The third kappa shape index (κ3) is 5.56. The predicted octanol–water partition coefficient (Wildman–Crippen LogP) is 2.48. The molecule has 5 nitrogen and oxygen atoms in total. The summed E-state index contributed by atoms with van der Waals surface area (Å²) in [5.74, 6) is -2.44. The molecular weight excluding hydrogens is 277 g/mol. The Morgan fingerprint density at radius 1 is 1.24 bits per heavy atom. The molecule has 0 unspecified atom stereocenters. The molecule has 21 heavy (non-hydrogen) atoms. The Kier molecular flexibility index (Phi) is 5.78. The van der Waals surface area contributed by atoms with Crippen LogP contribution in [-0.2, 0) is 14.3 Å². The average molecular weight is 293 g/mol. The van der Waals surface area contributed by atoms with Gasteiger partial charge in [-0.25, -0.2) is 9.18 Å². The minimum absolute atomic E-state index is 0.200. The van der Waals surface area contributed by atoms with Crippen LogP contribution in [0.4, 0.5) is 10.1 Å². The van der Waals surface area contributed by atoms with Crippen molar-refractivity contribution in [2.24, 2.45) is 0 Å². The summed E-state index contributed by atoms with van der Waals surface area (Å²) in [4.78, 5) is 33.9. The zero-order valence-corrected chi connectivity index (χ0v) is 12.0. The molecule has 0 saturated heterocycles. The number of ketones is 1. The van der Waals surface area contributed by atoms with Crippen LogP contribution in [0.25, 0.3) is 0 Å². The lowest BCUT2D eigenvalue weighted by molar-refractivity contribution is -0.136. The normalized spacial score (nSPS) is 9.71. The number of Topliss-reactive ketones (excluding diaryl/α,β-unsaturated/α-hetero) is 1. The van der Waals surface area contributed by atoms with Gasteiger partial charge in [-0.2, -0.15) is 0 Å². The van der Waals surface area contributed by atoms with E-state index in [0.29, 0.717) is 0 Å². The van der Waals surface area contributed by atoms with E-state index in [9.17, 15) is 18.8 Å². The van der Waals surface area contributed by atoms with Crippen LogP contribution in [0.5, 0.6) is 0 Å². The molecule has 0 aliphatic heterocycles. The SMILES string of the molecule is CC(=O)Nc1ccc(C(=O)COC(=O)C=C(C)C)c(F)c1. The Balaban J connectivity index is 2.73. The Morgan fingerprint density at radius 2 is 1.90 bits per heavy atom. The van der Waals surface area contributed by atoms with E-state index in [1.165, 1.54) is 25.1 Å². The fourth-order valence-corrected chi connectivity index (χ4v) is 1.51. The molecule has 0 atom stereocenters. The van der Waals surface area contributed by atoms with Gasteiger partial charge < -0.3 is 10.1 Å². The van der Waals surface area contributed by atoms with Gasteiger partial charge in [0.1, 0.15) is 5.82 Å². The highest BCUT2D eigenvalue weighted by Crippen LogP contribution is 2.15. The van der Waals surface area contributed by atoms with E-state index in [2.05, 4.69) is 5.32 Å². The van der Waals surface area contributed by atoms with Crippen molar-refractivity contribution in [3.05, 3.63) is 41.2 Å². The fraction of sp³-hybridized carbons (Fsp3) is 0.267. The van der Waals surface area contributed by atoms with E-state index in [1.54, 1.807) is 13.8 Å². The number of ether oxygens (including phenoxy) is 1. The maximum absolute atomic E-state index is 13.8. The summed E-state index contributed by atoms with van der Waals surface area (Å²) in [6, 6.07) is 3.67. The summed E-state index contributed by atoms with van der Waals surface area (Å²) >= 11 is 0. The van der Waals surface area contributed by atoms with Gasteiger partial charge in [0.25, 0.3) is 0 Å². The van der Waals surface area contributed by atoms with Crippen LogP contribution >= 0.6 is 0 Å². The molecular formula is C15H16FNO4. The summed E-state index contributed by atoms with van der Waals surface area (Å²) in [5.41, 5.74) is 0.783. The van der Waals surface area contributed by atoms with E-state index < -0.39 is 24.2 Å². The molecule has 0 fully saturated rings. The summed E-state index contributed by atoms with van der Waals surface area (Å²) in [7, 11) is 0. The molecule has 0 saturated carbocycles. The minimum atomic E-state index is -0.787. The Hall–Kier alpha value is -2.50. The van der Waals surface area contributed by atoms with Crippen LogP contribution in [0.2, 0.25) is 0 Å². The van der Waals surface area contributed by atoms with E-state index in [1.807, 2.05) is 0 Å². The first-order valence-corrected chi connectivity index (χ1v) is 6.21. The number of halogens is 1. The van der Waals surface area contributed by atoms with Crippen LogP contribution in [0.15, 0.2) is 29.8 Å². The van der Waals surface area contributed by atoms with Gasteiger partial charge in [0.05, 0.1) is 5.56 Å². The van der Waals surface area contributed by atoms with Gasteiger partial charge >= 0.3 is 5.97 Å². The summed E-state index contributed by atoms with van der Waals surface area (Å²) in [6.07, 6.45) is 1.24. The Labute approximate surface area is 121 Å². The first-order valence-electron chi connectivity index (χ1n) is 6.21. The van der Waals surface area contributed by atoms with Gasteiger partial charge in [0, 0.05) is 18.7 Å². The van der Waals surface area contributed by atoms with Gasteiger partial charge in [0.2, 0.25) is 11.7 Å². The lowest BCUT2D eigenvalue weighted by Crippen LogP contribution is -2.14. The monoisotopic (exact) mass is 293 g/mol. The number of hydrogen-bond donors (Lipinski definition) is 1. The standard InChI is InChI=1S/C15H16FNO4/c1-9(2)6-15(20)21-8-14(19)12-5-4-11(7-13(12)16)17-10(3)18/h4-7H,8H2,1-3H3,(H,17,18). The highest BCUT2D eigenvalue weighted by Gasteiger charge is 2.14. The maximum Gasteiger partial charge on any atom is 0.331 e. The van der Waals surface area contributed by atoms with Gasteiger partial charge in [0.15, 0.2) is 6.61 Å². The lowest BCUT2D eigenvalue weighted by Gasteiger charge is -2.06. The third-order valence-electron chi connectivity index (χ3n) is 2.34. The number of carbonyl (C=O) groups excluding carboxylic acids is 3. The molecule has 0 radical (unpaired) electrons. The summed E-state index contributed by atoms with van der Waals surface area (Å²) in [5, 5.41) is 2.40. The number of rotatable bonds is 5. The number of hydrogen-bond acceptors (Lipinski definition) is 4. The van der Waals surface area contributed by atoms with Gasteiger partial charge in [-0.3, -0.25) is 9.59 Å². The second-order valence-corrected chi connectivity index (χ2v) is 4.63. The molecule has 1 aromatic carbocycles. The molecule has 0 aliphatic rings. The molecule has 112 valence electrons. The van der Waals surface area contributed by atoms with Crippen molar-refractivity contribution in [2.75, 3.05) is 11.9 Å². The van der Waals surface area contributed by atoms with E-state index in [-0.39, 0.29) is 17.2 Å². The number of nitrogens with one attached hydrogen (secondary N) is 1. The highest BCUT2D eigenvalue weighted by atomic mass is 19.1. The Morgan fingerprint density at radius 3 is 2.43 bits per heavy atom. The molecule has 0 aromatic heterocycles. The van der Waals surface area contributed by atoms with E-state index in [4.69, 9.17) is 4.74 Å². The molecule has 1 rings (SSSR count). The van der Waals surface area contributed by atoms with Crippen LogP contribution in [0.3, 0.4) is 0 Å². The van der Waals surface area contributed by atoms with E-state index in [0.717, 1.165) is 11.6 Å². The van der Waals surface area contributed by atoms with Crippen molar-refractivity contribution in [1.29, 1.82) is 0 Å². The smallest absolute Gasteiger partial charge is 0.331 e. The fourth-order valence-electron chi connectivity index (χ4n) is 1.51. The summed E-state index contributed by atoms with van der Waals surface area (Å²) < 4.78 is 18.5. The predicted molar refractivity (Wildman–Crippen MR) is 75.4 cm³/mol. The van der Waals surface area contributed by atoms with Crippen LogP contribution in [0.1, 0.15) is 31.1 Å². The molecule has 1 aromatic rings. The van der Waals surface area contributed by atoms with Gasteiger partial charge in [-0.15, -0.1) is 0 Å². The van der Waals surface area contributed by atoms with Crippen molar-refractivity contribution < 1.29 is 23.5 Å². The number of allylic oxidation sites excluding steroid dienone is 1. The first-order chi connectivity index (χ1) is 9.79. The molecule has 1 amide bonds. The van der Waals surface area contributed by atoms with Crippen LogP contribution in [0, 0.1) is 5.82 Å². The van der Waals surface area contributed by atoms with Crippen LogP contribution in [-0.4, -0.2) is 24.3 Å². The van der Waals surface area contributed by atoms with E-state index >= 15 is 0 Å². The van der Waals surface area contributed by atoms with Gasteiger partial charge in [-0.1, -0.05) is 5.57 Å². The molecule has 0 heterocycles.